The fraction of sp³-hybridized carbons (Fsp3) is 0.882. The van der Waals surface area contributed by atoms with Crippen LogP contribution in [0.4, 0.5) is 0 Å². The van der Waals surface area contributed by atoms with E-state index in [9.17, 15) is 9.59 Å². The molecule has 0 saturated heterocycles. The predicted octanol–water partition coefficient (Wildman–Crippen LogP) is 17.2. The molecule has 324 valence electrons. The molecular weight excluding hydrogens is 677 g/mol. The summed E-state index contributed by atoms with van der Waals surface area (Å²) in [5, 5.41) is 0. The number of hydrogen-bond donors (Lipinski definition) is 0. The smallest absolute Gasteiger partial charge is 0.305 e. The summed E-state index contributed by atoms with van der Waals surface area (Å²) < 4.78 is 10.7. The van der Waals surface area contributed by atoms with Crippen molar-refractivity contribution in [1.29, 1.82) is 0 Å². The molecule has 4 heteroatoms. The molecule has 0 aliphatic heterocycles. The van der Waals surface area contributed by atoms with Gasteiger partial charge in [0, 0.05) is 19.3 Å². The SMILES string of the molecule is CCCCCCCC/C=C/CCCCCCCCCCCCCC(=O)OCCCOC(=O)CCCCCCCCCCCCC/C=C/CCCCCCCC. The van der Waals surface area contributed by atoms with Crippen LogP contribution < -0.4 is 0 Å². The highest BCUT2D eigenvalue weighted by Crippen LogP contribution is 2.15. The van der Waals surface area contributed by atoms with Gasteiger partial charge in [0.1, 0.15) is 0 Å². The maximum Gasteiger partial charge on any atom is 0.305 e. The van der Waals surface area contributed by atoms with E-state index < -0.39 is 0 Å². The first-order valence-electron chi connectivity index (χ1n) is 24.8. The molecule has 0 spiro atoms. The van der Waals surface area contributed by atoms with Crippen molar-refractivity contribution in [2.24, 2.45) is 0 Å². The lowest BCUT2D eigenvalue weighted by atomic mass is 10.0. The average Bonchev–Trinajstić information content (AvgIpc) is 3.19. The number of carbonyl (C=O) groups excluding carboxylic acids is 2. The van der Waals surface area contributed by atoms with Crippen molar-refractivity contribution in [1.82, 2.24) is 0 Å². The van der Waals surface area contributed by atoms with Crippen LogP contribution in [0.3, 0.4) is 0 Å². The number of unbranched alkanes of at least 4 members (excludes halogenated alkanes) is 34. The monoisotopic (exact) mass is 773 g/mol. The van der Waals surface area contributed by atoms with Gasteiger partial charge in [-0.1, -0.05) is 218 Å². The highest BCUT2D eigenvalue weighted by molar-refractivity contribution is 5.69. The fourth-order valence-electron chi connectivity index (χ4n) is 7.38. The standard InChI is InChI=1S/C51H96O4/c1-3-5-7-9-11-13-15-17-19-21-23-25-27-29-31-33-35-37-39-41-43-46-50(52)54-48-45-49-55-51(53)47-44-42-40-38-36-34-32-30-28-26-24-22-20-18-16-14-12-10-8-6-4-2/h17-20H,3-16,21-49H2,1-2H3/b19-17+,20-18+. The molecule has 0 aliphatic carbocycles. The van der Waals surface area contributed by atoms with Crippen LogP contribution in [0.5, 0.6) is 0 Å². The van der Waals surface area contributed by atoms with E-state index in [1.54, 1.807) is 0 Å². The molecule has 0 atom stereocenters. The first-order chi connectivity index (χ1) is 27.2. The molecule has 0 unspecified atom stereocenters. The van der Waals surface area contributed by atoms with E-state index in [-0.39, 0.29) is 11.9 Å². The molecule has 0 aromatic heterocycles. The van der Waals surface area contributed by atoms with Gasteiger partial charge in [0.25, 0.3) is 0 Å². The van der Waals surface area contributed by atoms with E-state index in [2.05, 4.69) is 38.2 Å². The Labute approximate surface area is 344 Å². The predicted molar refractivity (Wildman–Crippen MR) is 241 cm³/mol. The van der Waals surface area contributed by atoms with Gasteiger partial charge < -0.3 is 9.47 Å². The van der Waals surface area contributed by atoms with Crippen molar-refractivity contribution in [2.75, 3.05) is 13.2 Å². The van der Waals surface area contributed by atoms with E-state index in [4.69, 9.17) is 9.47 Å². The number of esters is 2. The third-order valence-corrected chi connectivity index (χ3v) is 11.1. The van der Waals surface area contributed by atoms with E-state index >= 15 is 0 Å². The normalized spacial score (nSPS) is 11.7. The van der Waals surface area contributed by atoms with Crippen molar-refractivity contribution >= 4 is 11.9 Å². The summed E-state index contributed by atoms with van der Waals surface area (Å²) in [5.41, 5.74) is 0. The van der Waals surface area contributed by atoms with Crippen molar-refractivity contribution in [3.63, 3.8) is 0 Å². The molecule has 0 saturated carbocycles. The lowest BCUT2D eigenvalue weighted by Gasteiger charge is -2.07. The second kappa shape index (κ2) is 48.6. The van der Waals surface area contributed by atoms with Gasteiger partial charge in [-0.25, -0.2) is 0 Å². The third kappa shape index (κ3) is 48.5. The molecule has 0 radical (unpaired) electrons. The number of rotatable bonds is 46. The third-order valence-electron chi connectivity index (χ3n) is 11.1. The minimum atomic E-state index is -0.114. The Balaban J connectivity index is 3.28. The van der Waals surface area contributed by atoms with Gasteiger partial charge in [-0.15, -0.1) is 0 Å². The molecule has 0 rings (SSSR count). The zero-order chi connectivity index (χ0) is 39.8. The molecule has 0 N–H and O–H groups in total. The van der Waals surface area contributed by atoms with Crippen LogP contribution in [0, 0.1) is 0 Å². The molecule has 0 aromatic carbocycles. The largest absolute Gasteiger partial charge is 0.466 e. The minimum absolute atomic E-state index is 0.114. The van der Waals surface area contributed by atoms with Gasteiger partial charge in [0.05, 0.1) is 13.2 Å². The van der Waals surface area contributed by atoms with Crippen LogP contribution in [-0.2, 0) is 19.1 Å². The van der Waals surface area contributed by atoms with Crippen molar-refractivity contribution < 1.29 is 19.1 Å². The Morgan fingerprint density at radius 3 is 0.764 bits per heavy atom. The average molecular weight is 773 g/mol. The van der Waals surface area contributed by atoms with Crippen molar-refractivity contribution in [2.45, 2.75) is 277 Å². The fourth-order valence-corrected chi connectivity index (χ4v) is 7.38. The summed E-state index contributed by atoms with van der Waals surface area (Å²) in [6.45, 7) is 5.26. The quantitative estimate of drug-likeness (QED) is 0.0351. The lowest BCUT2D eigenvalue weighted by molar-refractivity contribution is -0.146. The molecular formula is C51H96O4. The molecule has 4 nitrogen and oxygen atoms in total. The summed E-state index contributed by atoms with van der Waals surface area (Å²) in [5.74, 6) is -0.228. The summed E-state index contributed by atoms with van der Waals surface area (Å²) in [7, 11) is 0. The van der Waals surface area contributed by atoms with Gasteiger partial charge in [0.15, 0.2) is 0 Å². The number of hydrogen-bond acceptors (Lipinski definition) is 4. The summed E-state index contributed by atoms with van der Waals surface area (Å²) in [4.78, 5) is 24.0. The Morgan fingerprint density at radius 2 is 0.509 bits per heavy atom. The summed E-state index contributed by atoms with van der Waals surface area (Å²) in [6, 6.07) is 0. The highest BCUT2D eigenvalue weighted by Gasteiger charge is 2.05. The number of allylic oxidation sites excluding steroid dienone is 4. The molecule has 0 aromatic rings. The van der Waals surface area contributed by atoms with Gasteiger partial charge in [-0.2, -0.15) is 0 Å². The van der Waals surface area contributed by atoms with Crippen LogP contribution >= 0.6 is 0 Å². The number of carbonyl (C=O) groups is 2. The maximum absolute atomic E-state index is 12.0. The van der Waals surface area contributed by atoms with Crippen molar-refractivity contribution in [3.05, 3.63) is 24.3 Å². The Hall–Kier alpha value is -1.58. The Morgan fingerprint density at radius 1 is 0.291 bits per heavy atom. The zero-order valence-corrected chi connectivity index (χ0v) is 37.3. The van der Waals surface area contributed by atoms with E-state index in [1.165, 1.54) is 218 Å². The molecule has 0 fully saturated rings. The van der Waals surface area contributed by atoms with E-state index in [0.29, 0.717) is 32.5 Å². The molecule has 0 amide bonds. The second-order valence-electron chi connectivity index (χ2n) is 16.7. The Bertz CT molecular complexity index is 752. The molecule has 0 aliphatic rings. The second-order valence-corrected chi connectivity index (χ2v) is 16.7. The van der Waals surface area contributed by atoms with Gasteiger partial charge in [-0.05, 0) is 64.2 Å². The molecule has 0 heterocycles. The van der Waals surface area contributed by atoms with E-state index in [0.717, 1.165) is 25.7 Å². The van der Waals surface area contributed by atoms with E-state index in [1.807, 2.05) is 0 Å². The molecule has 55 heavy (non-hydrogen) atoms. The minimum Gasteiger partial charge on any atom is -0.466 e. The van der Waals surface area contributed by atoms with Gasteiger partial charge in [-0.3, -0.25) is 9.59 Å². The lowest BCUT2D eigenvalue weighted by Crippen LogP contribution is -2.10. The molecule has 0 bridgehead atoms. The zero-order valence-electron chi connectivity index (χ0n) is 37.3. The van der Waals surface area contributed by atoms with Crippen LogP contribution in [0.1, 0.15) is 277 Å². The van der Waals surface area contributed by atoms with Gasteiger partial charge in [0.2, 0.25) is 0 Å². The van der Waals surface area contributed by atoms with Crippen LogP contribution in [0.25, 0.3) is 0 Å². The topological polar surface area (TPSA) is 52.6 Å². The first-order valence-corrected chi connectivity index (χ1v) is 24.8. The summed E-state index contributed by atoms with van der Waals surface area (Å²) >= 11 is 0. The van der Waals surface area contributed by atoms with Crippen molar-refractivity contribution in [3.8, 4) is 0 Å². The Kier molecular flexibility index (Phi) is 47.2. The van der Waals surface area contributed by atoms with Crippen LogP contribution in [0.2, 0.25) is 0 Å². The number of ether oxygens (including phenoxy) is 2. The first kappa shape index (κ1) is 53.4. The summed E-state index contributed by atoms with van der Waals surface area (Å²) in [6.07, 6.45) is 61.1. The van der Waals surface area contributed by atoms with Crippen LogP contribution in [-0.4, -0.2) is 25.2 Å². The van der Waals surface area contributed by atoms with Gasteiger partial charge >= 0.3 is 11.9 Å². The van der Waals surface area contributed by atoms with Crippen LogP contribution in [0.15, 0.2) is 24.3 Å². The maximum atomic E-state index is 12.0. The highest BCUT2D eigenvalue weighted by atomic mass is 16.5.